The van der Waals surface area contributed by atoms with Gasteiger partial charge in [-0.25, -0.2) is 0 Å². The molecule has 96 valence electrons. The normalized spacial score (nSPS) is 10.4. The molecule has 0 aliphatic heterocycles. The summed E-state index contributed by atoms with van der Waals surface area (Å²) in [6, 6.07) is 5.01. The Bertz CT molecular complexity index is 605. The minimum Gasteiger partial charge on any atom is -0.497 e. The van der Waals surface area contributed by atoms with Gasteiger partial charge in [0.2, 0.25) is 5.88 Å². The third-order valence-electron chi connectivity index (χ3n) is 2.68. The number of hydrogen-bond acceptors (Lipinski definition) is 4. The van der Waals surface area contributed by atoms with Gasteiger partial charge >= 0.3 is 0 Å². The van der Waals surface area contributed by atoms with Crippen LogP contribution in [0.15, 0.2) is 23.0 Å². The van der Waals surface area contributed by atoms with Gasteiger partial charge in [0.05, 0.1) is 14.2 Å². The number of aromatic nitrogens is 2. The van der Waals surface area contributed by atoms with E-state index in [0.717, 1.165) is 0 Å². The molecule has 0 saturated heterocycles. The van der Waals surface area contributed by atoms with Crippen molar-refractivity contribution in [3.63, 3.8) is 0 Å². The zero-order valence-corrected chi connectivity index (χ0v) is 10.4. The average molecular weight is 250 g/mol. The van der Waals surface area contributed by atoms with E-state index in [9.17, 15) is 9.90 Å². The van der Waals surface area contributed by atoms with Crippen LogP contribution in [0.25, 0.3) is 11.1 Å². The van der Waals surface area contributed by atoms with Crippen LogP contribution in [0.5, 0.6) is 17.4 Å². The van der Waals surface area contributed by atoms with E-state index in [1.54, 1.807) is 25.2 Å². The summed E-state index contributed by atoms with van der Waals surface area (Å²) in [5, 5.41) is 12.3. The smallest absolute Gasteiger partial charge is 0.275 e. The van der Waals surface area contributed by atoms with Gasteiger partial charge in [0.1, 0.15) is 17.1 Å². The molecule has 1 aromatic heterocycles. The Morgan fingerprint density at radius 2 is 1.72 bits per heavy atom. The first-order valence-electron chi connectivity index (χ1n) is 5.28. The first kappa shape index (κ1) is 12.1. The van der Waals surface area contributed by atoms with Crippen molar-refractivity contribution >= 4 is 0 Å². The molecule has 0 unspecified atom stereocenters. The number of methoxy groups -OCH3 is 2. The van der Waals surface area contributed by atoms with Gasteiger partial charge in [0.25, 0.3) is 5.56 Å². The summed E-state index contributed by atoms with van der Waals surface area (Å²) in [5.74, 6) is 0.967. The molecule has 0 saturated carbocycles. The van der Waals surface area contributed by atoms with Gasteiger partial charge in [-0.3, -0.25) is 14.6 Å². The first-order chi connectivity index (χ1) is 8.56. The highest BCUT2D eigenvalue weighted by molar-refractivity contribution is 5.70. The average Bonchev–Trinajstić information content (AvgIpc) is 2.62. The molecule has 0 radical (unpaired) electrons. The van der Waals surface area contributed by atoms with Crippen molar-refractivity contribution < 1.29 is 14.6 Å². The lowest BCUT2D eigenvalue weighted by atomic mass is 10.1. The van der Waals surface area contributed by atoms with Crippen LogP contribution in [-0.2, 0) is 7.05 Å². The highest BCUT2D eigenvalue weighted by Crippen LogP contribution is 2.31. The summed E-state index contributed by atoms with van der Waals surface area (Å²) >= 11 is 0. The summed E-state index contributed by atoms with van der Waals surface area (Å²) < 4.78 is 11.5. The molecule has 0 aliphatic carbocycles. The fraction of sp³-hybridized carbons (Fsp3) is 0.250. The number of aryl methyl sites for hydroxylation is 1. The van der Waals surface area contributed by atoms with Gasteiger partial charge < -0.3 is 14.6 Å². The van der Waals surface area contributed by atoms with Crippen LogP contribution in [-0.4, -0.2) is 29.1 Å². The van der Waals surface area contributed by atoms with Crippen molar-refractivity contribution in [2.24, 2.45) is 7.05 Å². The highest BCUT2D eigenvalue weighted by Gasteiger charge is 2.16. The first-order valence-corrected chi connectivity index (χ1v) is 5.28. The molecule has 1 aromatic carbocycles. The van der Waals surface area contributed by atoms with E-state index in [-0.39, 0.29) is 17.0 Å². The van der Waals surface area contributed by atoms with Gasteiger partial charge in [-0.15, -0.1) is 0 Å². The van der Waals surface area contributed by atoms with Crippen LogP contribution >= 0.6 is 0 Å². The minimum absolute atomic E-state index is 0.129. The molecule has 0 atom stereocenters. The van der Waals surface area contributed by atoms with Crippen LogP contribution in [0.2, 0.25) is 0 Å². The maximum atomic E-state index is 11.7. The third-order valence-corrected chi connectivity index (χ3v) is 2.68. The molecule has 2 aromatic rings. The van der Waals surface area contributed by atoms with Crippen molar-refractivity contribution in [1.29, 1.82) is 0 Å². The van der Waals surface area contributed by atoms with Gasteiger partial charge in [-0.1, -0.05) is 0 Å². The van der Waals surface area contributed by atoms with Crippen molar-refractivity contribution in [2.45, 2.75) is 0 Å². The predicted octanol–water partition coefficient (Wildman–Crippen LogP) is 1.10. The predicted molar refractivity (Wildman–Crippen MR) is 66.2 cm³/mol. The molecule has 18 heavy (non-hydrogen) atoms. The number of H-pyrrole nitrogens is 1. The number of hydrogen-bond donors (Lipinski definition) is 2. The van der Waals surface area contributed by atoms with Crippen molar-refractivity contribution in [3.05, 3.63) is 28.6 Å². The second kappa shape index (κ2) is 4.48. The Labute approximate surface area is 103 Å². The van der Waals surface area contributed by atoms with Crippen LogP contribution in [0.4, 0.5) is 0 Å². The Hall–Kier alpha value is -2.37. The molecule has 0 fully saturated rings. The zero-order valence-electron chi connectivity index (χ0n) is 10.4. The molecule has 2 N–H and O–H groups in total. The monoisotopic (exact) mass is 250 g/mol. The lowest BCUT2D eigenvalue weighted by molar-refractivity contribution is 0.394. The largest absolute Gasteiger partial charge is 0.497 e. The van der Waals surface area contributed by atoms with Crippen LogP contribution < -0.4 is 15.0 Å². The van der Waals surface area contributed by atoms with Crippen LogP contribution in [0.3, 0.4) is 0 Å². The number of aromatic hydroxyl groups is 1. The Kier molecular flexibility index (Phi) is 3.01. The van der Waals surface area contributed by atoms with Crippen LogP contribution in [0.1, 0.15) is 0 Å². The highest BCUT2D eigenvalue weighted by atomic mass is 16.5. The number of benzene rings is 1. The fourth-order valence-corrected chi connectivity index (χ4v) is 1.74. The standard InChI is InChI=1S/C12H14N2O4/c1-14-12(16)10(11(15)13-14)7-4-8(17-2)6-9(5-7)18-3/h4-6,16H,1-3H3,(H,13,15). The summed E-state index contributed by atoms with van der Waals surface area (Å²) in [6.07, 6.45) is 0. The van der Waals surface area contributed by atoms with Crippen molar-refractivity contribution in [3.8, 4) is 28.5 Å². The molecular formula is C12H14N2O4. The fourth-order valence-electron chi connectivity index (χ4n) is 1.74. The van der Waals surface area contributed by atoms with E-state index in [1.807, 2.05) is 0 Å². The second-order valence-corrected chi connectivity index (χ2v) is 3.80. The van der Waals surface area contributed by atoms with E-state index in [4.69, 9.17) is 9.47 Å². The SMILES string of the molecule is COc1cc(OC)cc(-c2c(O)n(C)[nH]c2=O)c1. The van der Waals surface area contributed by atoms with Gasteiger partial charge in [0, 0.05) is 18.7 Å². The molecule has 6 heteroatoms. The topological polar surface area (TPSA) is 76.5 Å². The maximum absolute atomic E-state index is 11.7. The number of rotatable bonds is 3. The van der Waals surface area contributed by atoms with E-state index in [0.29, 0.717) is 17.1 Å². The maximum Gasteiger partial charge on any atom is 0.275 e. The second-order valence-electron chi connectivity index (χ2n) is 3.80. The lowest BCUT2D eigenvalue weighted by Gasteiger charge is -2.07. The third kappa shape index (κ3) is 1.92. The minimum atomic E-state index is -0.370. The van der Waals surface area contributed by atoms with Gasteiger partial charge in [0.15, 0.2) is 0 Å². The quantitative estimate of drug-likeness (QED) is 0.855. The molecule has 0 amide bonds. The summed E-state index contributed by atoms with van der Waals surface area (Å²) in [7, 11) is 4.60. The van der Waals surface area contributed by atoms with Crippen molar-refractivity contribution in [2.75, 3.05) is 14.2 Å². The number of nitrogens with one attached hydrogen (secondary N) is 1. The molecule has 6 nitrogen and oxygen atoms in total. The van der Waals surface area contributed by atoms with Crippen LogP contribution in [0, 0.1) is 0 Å². The molecule has 0 spiro atoms. The number of aromatic amines is 1. The summed E-state index contributed by atoms with van der Waals surface area (Å²) in [6.45, 7) is 0. The van der Waals surface area contributed by atoms with E-state index in [2.05, 4.69) is 5.10 Å². The molecule has 2 rings (SSSR count). The summed E-state index contributed by atoms with van der Waals surface area (Å²) in [5.41, 5.74) is 0.352. The van der Waals surface area contributed by atoms with E-state index in [1.165, 1.54) is 18.9 Å². The lowest BCUT2D eigenvalue weighted by Crippen LogP contribution is -2.04. The van der Waals surface area contributed by atoms with E-state index >= 15 is 0 Å². The van der Waals surface area contributed by atoms with Gasteiger partial charge in [-0.05, 0) is 12.1 Å². The zero-order chi connectivity index (χ0) is 13.3. The van der Waals surface area contributed by atoms with Crippen molar-refractivity contribution in [1.82, 2.24) is 9.78 Å². The molecule has 0 aliphatic rings. The number of ether oxygens (including phenoxy) is 2. The molecule has 0 bridgehead atoms. The van der Waals surface area contributed by atoms with E-state index < -0.39 is 0 Å². The molecule has 1 heterocycles. The Morgan fingerprint density at radius 1 is 1.17 bits per heavy atom. The van der Waals surface area contributed by atoms with Gasteiger partial charge in [-0.2, -0.15) is 0 Å². The molecular weight excluding hydrogens is 236 g/mol. The number of nitrogens with zero attached hydrogens (tertiary/aromatic N) is 1. The Morgan fingerprint density at radius 3 is 2.11 bits per heavy atom. The summed E-state index contributed by atoms with van der Waals surface area (Å²) in [4.78, 5) is 11.7. The Balaban J connectivity index is 2.66.